The van der Waals surface area contributed by atoms with Crippen LogP contribution in [-0.4, -0.2) is 22.8 Å². The van der Waals surface area contributed by atoms with E-state index in [-0.39, 0.29) is 5.54 Å². The molecule has 0 amide bonds. The summed E-state index contributed by atoms with van der Waals surface area (Å²) < 4.78 is 0. The second-order valence-corrected chi connectivity index (χ2v) is 9.09. The largest absolute Gasteiger partial charge is 0.275 e. The molecule has 1 heterocycles. The maximum absolute atomic E-state index is 5.38. The second-order valence-electron chi connectivity index (χ2n) is 8.32. The molecular weight excluding hydrogens is 386 g/mol. The van der Waals surface area contributed by atoms with Crippen molar-refractivity contribution in [3.8, 4) is 0 Å². The highest BCUT2D eigenvalue weighted by atomic mass is 32.2. The molecule has 1 aliphatic heterocycles. The number of rotatable bonds is 3. The van der Waals surface area contributed by atoms with Crippen LogP contribution >= 0.6 is 11.8 Å². The van der Waals surface area contributed by atoms with E-state index in [9.17, 15) is 0 Å². The fraction of sp³-hybridized carbons (Fsp3) is 0.231. The van der Waals surface area contributed by atoms with Gasteiger partial charge in [0.15, 0.2) is 10.7 Å². The van der Waals surface area contributed by atoms with Crippen molar-refractivity contribution in [2.45, 2.75) is 31.8 Å². The fourth-order valence-corrected chi connectivity index (χ4v) is 4.41. The van der Waals surface area contributed by atoms with Gasteiger partial charge in [-0.2, -0.15) is 0 Å². The number of nitrogens with zero attached hydrogens (tertiary/aromatic N) is 3. The highest BCUT2D eigenvalue weighted by Crippen LogP contribution is 2.44. The van der Waals surface area contributed by atoms with Crippen molar-refractivity contribution in [3.63, 3.8) is 0 Å². The molecule has 1 aliphatic rings. The van der Waals surface area contributed by atoms with Crippen molar-refractivity contribution in [2.75, 3.05) is 11.2 Å². The van der Waals surface area contributed by atoms with Crippen LogP contribution in [0.2, 0.25) is 0 Å². The van der Waals surface area contributed by atoms with Crippen LogP contribution in [0.3, 0.4) is 0 Å². The van der Waals surface area contributed by atoms with Gasteiger partial charge in [-0.1, -0.05) is 90.6 Å². The predicted molar refractivity (Wildman–Crippen MR) is 131 cm³/mol. The standard InChI is InChI=1S/C26H27N3S/c1-25(2,3)27-23-26(20-14-8-5-9-15-20,21-16-10-6-11-17-21)28-24(30-4)29(23)22-18-12-7-13-19-22/h5-19H,1-4H3. The molecule has 0 atom stereocenters. The molecule has 152 valence electrons. The van der Waals surface area contributed by atoms with E-state index < -0.39 is 5.54 Å². The maximum Gasteiger partial charge on any atom is 0.171 e. The summed E-state index contributed by atoms with van der Waals surface area (Å²) in [6.07, 6.45) is 2.08. The third kappa shape index (κ3) is 3.68. The summed E-state index contributed by atoms with van der Waals surface area (Å²) in [5.74, 6) is 0.933. The summed E-state index contributed by atoms with van der Waals surface area (Å²) in [6, 6.07) is 31.4. The monoisotopic (exact) mass is 413 g/mol. The van der Waals surface area contributed by atoms with E-state index in [0.717, 1.165) is 27.8 Å². The molecule has 0 fully saturated rings. The average Bonchev–Trinajstić information content (AvgIpc) is 3.09. The second kappa shape index (κ2) is 8.11. The van der Waals surface area contributed by atoms with E-state index in [4.69, 9.17) is 9.98 Å². The quantitative estimate of drug-likeness (QED) is 0.499. The molecule has 0 bridgehead atoms. The highest BCUT2D eigenvalue weighted by Gasteiger charge is 2.49. The lowest BCUT2D eigenvalue weighted by Gasteiger charge is -2.33. The van der Waals surface area contributed by atoms with E-state index in [1.54, 1.807) is 11.8 Å². The molecule has 4 rings (SSSR count). The van der Waals surface area contributed by atoms with Crippen molar-refractivity contribution < 1.29 is 0 Å². The maximum atomic E-state index is 5.38. The van der Waals surface area contributed by atoms with Crippen molar-refractivity contribution in [1.82, 2.24) is 0 Å². The van der Waals surface area contributed by atoms with Gasteiger partial charge >= 0.3 is 0 Å². The summed E-state index contributed by atoms with van der Waals surface area (Å²) in [4.78, 5) is 12.9. The lowest BCUT2D eigenvalue weighted by Crippen LogP contribution is -2.43. The zero-order valence-electron chi connectivity index (χ0n) is 17.9. The molecule has 0 N–H and O–H groups in total. The molecule has 0 aromatic heterocycles. The molecule has 4 heteroatoms. The minimum absolute atomic E-state index is 0.263. The van der Waals surface area contributed by atoms with Crippen LogP contribution < -0.4 is 4.90 Å². The highest BCUT2D eigenvalue weighted by molar-refractivity contribution is 8.13. The fourth-order valence-electron chi connectivity index (χ4n) is 3.80. The Morgan fingerprint density at radius 1 is 0.767 bits per heavy atom. The Morgan fingerprint density at radius 2 is 1.23 bits per heavy atom. The topological polar surface area (TPSA) is 28.0 Å². The van der Waals surface area contributed by atoms with Crippen molar-refractivity contribution in [3.05, 3.63) is 102 Å². The van der Waals surface area contributed by atoms with Gasteiger partial charge in [-0.05, 0) is 50.3 Å². The Morgan fingerprint density at radius 3 is 1.67 bits per heavy atom. The number of anilines is 1. The van der Waals surface area contributed by atoms with E-state index >= 15 is 0 Å². The Balaban J connectivity index is 2.08. The Labute approximate surface area is 183 Å². The lowest BCUT2D eigenvalue weighted by atomic mass is 9.82. The Hall–Kier alpha value is -2.85. The minimum atomic E-state index is -0.704. The molecule has 3 aromatic carbocycles. The van der Waals surface area contributed by atoms with Gasteiger partial charge in [0.05, 0.1) is 5.54 Å². The van der Waals surface area contributed by atoms with Crippen LogP contribution in [0.15, 0.2) is 101 Å². The van der Waals surface area contributed by atoms with Crippen LogP contribution in [-0.2, 0) is 5.54 Å². The number of benzene rings is 3. The summed E-state index contributed by atoms with van der Waals surface area (Å²) in [7, 11) is 0. The third-order valence-corrected chi connectivity index (χ3v) is 5.65. The van der Waals surface area contributed by atoms with Crippen LogP contribution in [0.25, 0.3) is 0 Å². The normalized spacial score (nSPS) is 17.3. The SMILES string of the molecule is CSC1=NC(c2ccccc2)(c2ccccc2)C(=NC(C)(C)C)N1c1ccccc1. The molecule has 0 unspecified atom stereocenters. The first-order chi connectivity index (χ1) is 14.5. The molecule has 3 nitrogen and oxygen atoms in total. The summed E-state index contributed by atoms with van der Waals surface area (Å²) in [5.41, 5.74) is 2.33. The Bertz CT molecular complexity index is 1010. The van der Waals surface area contributed by atoms with Gasteiger partial charge in [0.25, 0.3) is 0 Å². The number of para-hydroxylation sites is 1. The molecule has 30 heavy (non-hydrogen) atoms. The van der Waals surface area contributed by atoms with Crippen molar-refractivity contribution in [1.29, 1.82) is 0 Å². The van der Waals surface area contributed by atoms with Crippen LogP contribution in [0.1, 0.15) is 31.9 Å². The zero-order valence-corrected chi connectivity index (χ0v) is 18.7. The van der Waals surface area contributed by atoms with Gasteiger partial charge in [-0.3, -0.25) is 9.89 Å². The molecule has 0 saturated heterocycles. The van der Waals surface area contributed by atoms with Gasteiger partial charge in [-0.25, -0.2) is 4.99 Å². The first-order valence-corrected chi connectivity index (χ1v) is 11.4. The number of amidine groups is 2. The summed E-state index contributed by atoms with van der Waals surface area (Å²) >= 11 is 1.65. The number of thioether (sulfide) groups is 1. The van der Waals surface area contributed by atoms with E-state index in [1.807, 2.05) is 18.2 Å². The third-order valence-electron chi connectivity index (χ3n) is 5.01. The van der Waals surface area contributed by atoms with Gasteiger partial charge in [-0.15, -0.1) is 0 Å². The summed E-state index contributed by atoms with van der Waals surface area (Å²) in [6.45, 7) is 6.42. The van der Waals surface area contributed by atoms with Crippen LogP contribution in [0.4, 0.5) is 5.69 Å². The predicted octanol–water partition coefficient (Wildman–Crippen LogP) is 6.37. The minimum Gasteiger partial charge on any atom is -0.275 e. The molecule has 0 radical (unpaired) electrons. The van der Waals surface area contributed by atoms with Gasteiger partial charge in [0.2, 0.25) is 0 Å². The molecule has 0 aliphatic carbocycles. The van der Waals surface area contributed by atoms with Crippen molar-refractivity contribution >= 4 is 28.5 Å². The lowest BCUT2D eigenvalue weighted by molar-refractivity contribution is 0.572. The van der Waals surface area contributed by atoms with Gasteiger partial charge in [0.1, 0.15) is 5.84 Å². The van der Waals surface area contributed by atoms with E-state index in [0.29, 0.717) is 0 Å². The van der Waals surface area contributed by atoms with Crippen LogP contribution in [0.5, 0.6) is 0 Å². The molecule has 0 saturated carbocycles. The number of hydrogen-bond donors (Lipinski definition) is 0. The van der Waals surface area contributed by atoms with Crippen LogP contribution in [0, 0.1) is 0 Å². The smallest absolute Gasteiger partial charge is 0.171 e. The first-order valence-electron chi connectivity index (χ1n) is 10.2. The molecule has 3 aromatic rings. The molecular formula is C26H27N3S. The molecule has 0 spiro atoms. The first kappa shape index (κ1) is 20.4. The van der Waals surface area contributed by atoms with Crippen molar-refractivity contribution in [2.24, 2.45) is 9.98 Å². The Kier molecular flexibility index (Phi) is 5.52. The van der Waals surface area contributed by atoms with E-state index in [2.05, 4.69) is 105 Å². The van der Waals surface area contributed by atoms with Gasteiger partial charge < -0.3 is 0 Å². The van der Waals surface area contributed by atoms with E-state index in [1.165, 1.54) is 0 Å². The number of hydrogen-bond acceptors (Lipinski definition) is 3. The number of aliphatic imine (C=N–C) groups is 2. The zero-order chi connectivity index (χ0) is 21.2. The average molecular weight is 414 g/mol. The van der Waals surface area contributed by atoms with Gasteiger partial charge in [0, 0.05) is 5.69 Å². The summed E-state index contributed by atoms with van der Waals surface area (Å²) in [5, 5.41) is 0.942.